The number of halogens is 4. The maximum Gasteiger partial charge on any atom is 0.308 e. The van der Waals surface area contributed by atoms with E-state index in [4.69, 9.17) is 61.1 Å². The molecule has 2 aliphatic rings. The summed E-state index contributed by atoms with van der Waals surface area (Å²) in [4.78, 5) is 24.3. The average Bonchev–Trinajstić information content (AvgIpc) is 3.91. The zero-order valence-electron chi connectivity index (χ0n) is 34.4. The zero-order chi connectivity index (χ0) is 44.2. The van der Waals surface area contributed by atoms with E-state index in [1.54, 1.807) is 82.2 Å². The Morgan fingerprint density at radius 1 is 0.565 bits per heavy atom. The molecule has 0 N–H and O–H groups in total. The largest absolute Gasteiger partial charge is 0.493 e. The van der Waals surface area contributed by atoms with Gasteiger partial charge in [0, 0.05) is 44.7 Å². The summed E-state index contributed by atoms with van der Waals surface area (Å²) in [5.74, 6) is -0.00286. The van der Waals surface area contributed by atoms with E-state index >= 15 is 8.78 Å². The maximum atomic E-state index is 15.2. The lowest BCUT2D eigenvalue weighted by Gasteiger charge is -2.25. The Bertz CT molecular complexity index is 2440. The first kappa shape index (κ1) is 44.0. The predicted octanol–water partition coefficient (Wildman–Crippen LogP) is 10.0. The van der Waals surface area contributed by atoms with Gasteiger partial charge in [0.25, 0.3) is 0 Å². The normalized spacial score (nSPS) is 17.3. The summed E-state index contributed by atoms with van der Waals surface area (Å²) >= 11 is 12.5. The van der Waals surface area contributed by atoms with Gasteiger partial charge in [0.2, 0.25) is 0 Å². The molecule has 16 heteroatoms. The first-order chi connectivity index (χ1) is 30.0. The van der Waals surface area contributed by atoms with Crippen molar-refractivity contribution in [3.8, 4) is 34.4 Å². The lowest BCUT2D eigenvalue weighted by molar-refractivity contribution is -0.146. The fourth-order valence-corrected chi connectivity index (χ4v) is 8.33. The van der Waals surface area contributed by atoms with Gasteiger partial charge in [-0.05, 0) is 60.7 Å². The minimum atomic E-state index is -0.789. The lowest BCUT2D eigenvalue weighted by atomic mass is 9.98. The molecule has 0 spiro atoms. The van der Waals surface area contributed by atoms with E-state index in [1.807, 2.05) is 12.1 Å². The molecule has 4 atom stereocenters. The number of hydrogen-bond donors (Lipinski definition) is 0. The van der Waals surface area contributed by atoms with Gasteiger partial charge in [-0.3, -0.25) is 9.59 Å². The van der Waals surface area contributed by atoms with Gasteiger partial charge in [-0.1, -0.05) is 47.5 Å². The number of hydrogen-bond acceptors (Lipinski definition) is 10. The number of aromatic nitrogens is 2. The van der Waals surface area contributed by atoms with Crippen molar-refractivity contribution >= 4 is 35.1 Å². The molecular formula is C46H42Cl2F2N2O10. The van der Waals surface area contributed by atoms with Crippen LogP contribution in [0.2, 0.25) is 10.0 Å². The summed E-state index contributed by atoms with van der Waals surface area (Å²) in [5, 5.41) is 0.457. The Morgan fingerprint density at radius 3 is 1.32 bits per heavy atom. The van der Waals surface area contributed by atoms with Crippen LogP contribution >= 0.6 is 23.2 Å². The van der Waals surface area contributed by atoms with Crippen LogP contribution in [0.15, 0.2) is 97.3 Å². The second kappa shape index (κ2) is 18.9. The van der Waals surface area contributed by atoms with Crippen LogP contribution in [0, 0.1) is 11.6 Å². The summed E-state index contributed by atoms with van der Waals surface area (Å²) in [5.41, 5.74) is 4.08. The van der Waals surface area contributed by atoms with E-state index < -0.39 is 48.0 Å². The van der Waals surface area contributed by atoms with Crippen LogP contribution in [0.4, 0.5) is 8.78 Å². The number of nitrogens with zero attached hydrogens (tertiary/aromatic N) is 2. The third-order valence-electron chi connectivity index (χ3n) is 10.6. The van der Waals surface area contributed by atoms with Crippen LogP contribution in [0.1, 0.15) is 70.9 Å². The summed E-state index contributed by atoms with van der Waals surface area (Å²) < 4.78 is 78.5. The highest BCUT2D eigenvalue weighted by Crippen LogP contribution is 2.49. The highest BCUT2D eigenvalue weighted by Gasteiger charge is 2.37. The first-order valence-electron chi connectivity index (χ1n) is 19.2. The van der Waals surface area contributed by atoms with Gasteiger partial charge in [-0.2, -0.15) is 0 Å². The number of methoxy groups -OCH3 is 6. The quantitative estimate of drug-likeness (QED) is 0.123. The Morgan fingerprint density at radius 2 is 0.968 bits per heavy atom. The molecule has 6 aromatic rings. The minimum Gasteiger partial charge on any atom is -0.493 e. The SMILES string of the molecule is COC(=O)C[C@@H]1O[C@@H](c2cccc(OC)c2OC)c2cc(Cl)cc(F)c2-n2cccc21.COC(=O)C[C@H]1O[C@H](c2cccc(OC)c2OC)c2cc(Cl)cc(F)c2-n2cccc21. The molecule has 0 radical (unpaired) electrons. The lowest BCUT2D eigenvalue weighted by Crippen LogP contribution is -2.15. The molecule has 0 amide bonds. The second-order valence-electron chi connectivity index (χ2n) is 14.0. The molecule has 4 aromatic carbocycles. The Kier molecular flexibility index (Phi) is 13.4. The van der Waals surface area contributed by atoms with Crippen LogP contribution < -0.4 is 18.9 Å². The van der Waals surface area contributed by atoms with Crippen molar-refractivity contribution in [2.24, 2.45) is 0 Å². The van der Waals surface area contributed by atoms with E-state index in [9.17, 15) is 9.59 Å². The molecule has 0 aliphatic carbocycles. The molecule has 2 aliphatic heterocycles. The third-order valence-corrected chi connectivity index (χ3v) is 11.0. The van der Waals surface area contributed by atoms with E-state index in [-0.39, 0.29) is 22.9 Å². The van der Waals surface area contributed by atoms with Gasteiger partial charge < -0.3 is 47.0 Å². The summed E-state index contributed by atoms with van der Waals surface area (Å²) in [7, 11) is 8.74. The molecule has 8 rings (SSSR count). The molecule has 0 saturated heterocycles. The van der Waals surface area contributed by atoms with Crippen LogP contribution in [0.3, 0.4) is 0 Å². The fraction of sp³-hybridized carbons (Fsp3) is 0.261. The number of esters is 2. The van der Waals surface area contributed by atoms with Crippen molar-refractivity contribution < 1.29 is 56.3 Å². The van der Waals surface area contributed by atoms with Crippen LogP contribution in [0.25, 0.3) is 11.4 Å². The number of carbonyl (C=O) groups excluding carboxylic acids is 2. The van der Waals surface area contributed by atoms with E-state index in [0.29, 0.717) is 68.0 Å². The summed E-state index contributed by atoms with van der Waals surface area (Å²) in [6.07, 6.45) is 0.376. The van der Waals surface area contributed by atoms with E-state index in [2.05, 4.69) is 0 Å². The molecule has 4 heterocycles. The fourth-order valence-electron chi connectivity index (χ4n) is 7.91. The van der Waals surface area contributed by atoms with Crippen molar-refractivity contribution in [1.29, 1.82) is 0 Å². The minimum absolute atomic E-state index is 0.0490. The molecule has 62 heavy (non-hydrogen) atoms. The van der Waals surface area contributed by atoms with Crippen molar-refractivity contribution in [3.63, 3.8) is 0 Å². The van der Waals surface area contributed by atoms with E-state index in [0.717, 1.165) is 0 Å². The smallest absolute Gasteiger partial charge is 0.308 e. The summed E-state index contributed by atoms with van der Waals surface area (Å²) in [6.45, 7) is 0. The molecule has 0 saturated carbocycles. The Labute approximate surface area is 366 Å². The monoisotopic (exact) mass is 890 g/mol. The number of fused-ring (bicyclic) bond motifs is 6. The van der Waals surface area contributed by atoms with Gasteiger partial charge in [0.1, 0.15) is 36.1 Å². The van der Waals surface area contributed by atoms with Crippen LogP contribution in [-0.2, 0) is 28.5 Å². The number of rotatable bonds is 10. The first-order valence-corrected chi connectivity index (χ1v) is 19.9. The topological polar surface area (TPSA) is 118 Å². The van der Waals surface area contributed by atoms with Gasteiger partial charge in [0.05, 0.1) is 78.3 Å². The number of carbonyl (C=O) groups is 2. The average molecular weight is 892 g/mol. The highest BCUT2D eigenvalue weighted by atomic mass is 35.5. The van der Waals surface area contributed by atoms with Gasteiger partial charge in [0.15, 0.2) is 23.0 Å². The maximum absolute atomic E-state index is 15.2. The Balaban J connectivity index is 0.000000186. The Hall–Kier alpha value is -6.06. The second-order valence-corrected chi connectivity index (χ2v) is 14.9. The van der Waals surface area contributed by atoms with Crippen molar-refractivity contribution in [2.75, 3.05) is 42.7 Å². The number of para-hydroxylation sites is 2. The molecule has 0 fully saturated rings. The van der Waals surface area contributed by atoms with Crippen molar-refractivity contribution in [1.82, 2.24) is 9.13 Å². The van der Waals surface area contributed by atoms with E-state index in [1.165, 1.54) is 54.8 Å². The van der Waals surface area contributed by atoms with Gasteiger partial charge >= 0.3 is 11.9 Å². The number of benzene rings is 4. The predicted molar refractivity (Wildman–Crippen MR) is 225 cm³/mol. The standard InChI is InChI=1S/2C23H21ClFNO5/c2*1-28-18-8-4-6-14(23(18)30-3)22-15-10-13(24)11-16(25)21(15)26-9-5-7-17(26)19(31-22)12-20(27)29-2/h2*4-11,19,22H,12H2,1-3H3/t2*19-,22-/m10/s1. The molecule has 12 nitrogen and oxygen atoms in total. The van der Waals surface area contributed by atoms with Crippen LogP contribution in [0.5, 0.6) is 23.0 Å². The van der Waals surface area contributed by atoms with Gasteiger partial charge in [-0.25, -0.2) is 8.78 Å². The van der Waals surface area contributed by atoms with Crippen molar-refractivity contribution in [2.45, 2.75) is 37.3 Å². The summed E-state index contributed by atoms with van der Waals surface area (Å²) in [6, 6.07) is 23.7. The molecule has 0 unspecified atom stereocenters. The molecule has 2 aromatic heterocycles. The molecule has 324 valence electrons. The van der Waals surface area contributed by atoms with Crippen molar-refractivity contribution in [3.05, 3.63) is 153 Å². The zero-order valence-corrected chi connectivity index (χ0v) is 36.0. The van der Waals surface area contributed by atoms with Gasteiger partial charge in [-0.15, -0.1) is 0 Å². The van der Waals surface area contributed by atoms with Crippen LogP contribution in [-0.4, -0.2) is 63.7 Å². The third kappa shape index (κ3) is 8.43. The number of ether oxygens (including phenoxy) is 8. The highest BCUT2D eigenvalue weighted by molar-refractivity contribution is 6.31. The molecular weight excluding hydrogens is 849 g/mol. The molecule has 0 bridgehead atoms.